The number of Topliss-reactive ketones (excluding diaryl/α,β-unsaturated/α-hetero) is 1. The second-order valence-electron chi connectivity index (χ2n) is 5.91. The minimum Gasteiger partial charge on any atom is -0.294 e. The molecule has 2 nitrogen and oxygen atoms in total. The van der Waals surface area contributed by atoms with Crippen LogP contribution < -0.4 is 0 Å². The number of hydrogen-bond acceptors (Lipinski definition) is 3. The van der Waals surface area contributed by atoms with Crippen molar-refractivity contribution in [3.8, 4) is 0 Å². The molecule has 2 aromatic rings. The van der Waals surface area contributed by atoms with E-state index >= 15 is 0 Å². The third kappa shape index (κ3) is 3.45. The summed E-state index contributed by atoms with van der Waals surface area (Å²) in [6, 6.07) is 9.21. The molecule has 0 amide bonds. The summed E-state index contributed by atoms with van der Waals surface area (Å²) in [4.78, 5) is 14.7. The highest BCUT2D eigenvalue weighted by atomic mass is 32.1. The standard InChI is InChI=1S/C18H20FNOS/c1-13(21)18-9-14(12-22-18)11-20-8-3-2-7-17(20)15-5-4-6-16(19)10-15/h4-6,9-10,12,17H,2-3,7-8,11H2,1H3/t17-/m1/s1. The van der Waals surface area contributed by atoms with E-state index in [1.165, 1.54) is 35.8 Å². The molecule has 4 heteroatoms. The fourth-order valence-electron chi connectivity index (χ4n) is 3.15. The largest absolute Gasteiger partial charge is 0.294 e. The highest BCUT2D eigenvalue weighted by molar-refractivity contribution is 7.12. The Balaban J connectivity index is 1.78. The second-order valence-corrected chi connectivity index (χ2v) is 6.82. The highest BCUT2D eigenvalue weighted by Gasteiger charge is 2.24. The summed E-state index contributed by atoms with van der Waals surface area (Å²) in [7, 11) is 0. The minimum atomic E-state index is -0.169. The average Bonchev–Trinajstić information content (AvgIpc) is 2.97. The number of nitrogens with zero attached hydrogens (tertiary/aromatic N) is 1. The molecule has 1 saturated heterocycles. The van der Waals surface area contributed by atoms with Crippen molar-refractivity contribution in [3.63, 3.8) is 0 Å². The summed E-state index contributed by atoms with van der Waals surface area (Å²) in [5.41, 5.74) is 2.24. The van der Waals surface area contributed by atoms with Crippen molar-refractivity contribution in [1.82, 2.24) is 4.90 Å². The number of hydrogen-bond donors (Lipinski definition) is 0. The van der Waals surface area contributed by atoms with Gasteiger partial charge in [-0.05, 0) is 61.0 Å². The van der Waals surface area contributed by atoms with Crippen LogP contribution in [0.25, 0.3) is 0 Å². The molecule has 1 atom stereocenters. The van der Waals surface area contributed by atoms with Gasteiger partial charge in [-0.3, -0.25) is 9.69 Å². The molecule has 0 spiro atoms. The quantitative estimate of drug-likeness (QED) is 0.754. The van der Waals surface area contributed by atoms with Gasteiger partial charge in [0, 0.05) is 12.6 Å². The molecule has 0 bridgehead atoms. The number of likely N-dealkylation sites (tertiary alicyclic amines) is 1. The Kier molecular flexibility index (Phi) is 4.69. The number of carbonyl (C=O) groups is 1. The van der Waals surface area contributed by atoms with Crippen molar-refractivity contribution < 1.29 is 9.18 Å². The van der Waals surface area contributed by atoms with Crippen molar-refractivity contribution in [2.24, 2.45) is 0 Å². The molecule has 1 aliphatic rings. The van der Waals surface area contributed by atoms with E-state index in [9.17, 15) is 9.18 Å². The molecule has 3 rings (SSSR count). The maximum Gasteiger partial charge on any atom is 0.169 e. The van der Waals surface area contributed by atoms with Gasteiger partial charge in [0.25, 0.3) is 0 Å². The fourth-order valence-corrected chi connectivity index (χ4v) is 3.96. The Labute approximate surface area is 134 Å². The third-order valence-corrected chi connectivity index (χ3v) is 5.31. The fraction of sp³-hybridized carbons (Fsp3) is 0.389. The summed E-state index contributed by atoms with van der Waals surface area (Å²) >= 11 is 1.51. The van der Waals surface area contributed by atoms with Gasteiger partial charge in [0.05, 0.1) is 4.88 Å². The normalized spacial score (nSPS) is 19.3. The van der Waals surface area contributed by atoms with Gasteiger partial charge in [0.1, 0.15) is 5.82 Å². The van der Waals surface area contributed by atoms with Crippen LogP contribution in [0.1, 0.15) is 53.0 Å². The summed E-state index contributed by atoms with van der Waals surface area (Å²) in [6.45, 7) is 3.45. The van der Waals surface area contributed by atoms with Crippen LogP contribution in [-0.4, -0.2) is 17.2 Å². The lowest BCUT2D eigenvalue weighted by Crippen LogP contribution is -2.32. The maximum absolute atomic E-state index is 13.5. The van der Waals surface area contributed by atoms with Crippen LogP contribution in [0.15, 0.2) is 35.7 Å². The highest BCUT2D eigenvalue weighted by Crippen LogP contribution is 2.33. The van der Waals surface area contributed by atoms with Crippen molar-refractivity contribution in [2.45, 2.75) is 38.8 Å². The van der Waals surface area contributed by atoms with E-state index in [4.69, 9.17) is 0 Å². The number of piperidine rings is 1. The number of ketones is 1. The molecule has 0 aliphatic carbocycles. The van der Waals surface area contributed by atoms with E-state index in [1.54, 1.807) is 19.1 Å². The minimum absolute atomic E-state index is 0.122. The number of carbonyl (C=O) groups excluding carboxylic acids is 1. The Morgan fingerprint density at radius 2 is 2.23 bits per heavy atom. The number of benzene rings is 1. The summed E-state index contributed by atoms with van der Waals surface area (Å²) in [6.07, 6.45) is 3.42. The molecule has 1 aliphatic heterocycles. The molecule has 116 valence electrons. The van der Waals surface area contributed by atoms with E-state index in [0.717, 1.165) is 30.0 Å². The van der Waals surface area contributed by atoms with Crippen molar-refractivity contribution in [3.05, 3.63) is 57.5 Å². The van der Waals surface area contributed by atoms with Gasteiger partial charge in [0.15, 0.2) is 5.78 Å². The Morgan fingerprint density at radius 1 is 1.36 bits per heavy atom. The topological polar surface area (TPSA) is 20.3 Å². The van der Waals surface area contributed by atoms with E-state index in [1.807, 2.05) is 12.1 Å². The first-order chi connectivity index (χ1) is 10.6. The van der Waals surface area contributed by atoms with E-state index in [-0.39, 0.29) is 17.6 Å². The van der Waals surface area contributed by atoms with Crippen LogP contribution in [-0.2, 0) is 6.54 Å². The summed E-state index contributed by atoms with van der Waals surface area (Å²) in [5, 5.41) is 2.06. The Hall–Kier alpha value is -1.52. The zero-order valence-electron chi connectivity index (χ0n) is 12.7. The molecule has 0 radical (unpaired) electrons. The van der Waals surface area contributed by atoms with Crippen LogP contribution in [0.4, 0.5) is 4.39 Å². The van der Waals surface area contributed by atoms with Crippen LogP contribution in [0.2, 0.25) is 0 Å². The number of rotatable bonds is 4. The van der Waals surface area contributed by atoms with Gasteiger partial charge in [-0.1, -0.05) is 18.6 Å². The molecule has 1 aromatic heterocycles. The number of halogens is 1. The molecule has 0 unspecified atom stereocenters. The van der Waals surface area contributed by atoms with Crippen molar-refractivity contribution >= 4 is 17.1 Å². The first kappa shape index (κ1) is 15.4. The smallest absolute Gasteiger partial charge is 0.169 e. The lowest BCUT2D eigenvalue weighted by atomic mass is 9.95. The third-order valence-electron chi connectivity index (χ3n) is 4.23. The molecule has 0 N–H and O–H groups in total. The van der Waals surface area contributed by atoms with E-state index in [0.29, 0.717) is 0 Å². The monoisotopic (exact) mass is 317 g/mol. The van der Waals surface area contributed by atoms with Gasteiger partial charge >= 0.3 is 0 Å². The molecule has 0 saturated carbocycles. The van der Waals surface area contributed by atoms with Crippen LogP contribution in [0, 0.1) is 5.82 Å². The zero-order chi connectivity index (χ0) is 15.5. The lowest BCUT2D eigenvalue weighted by molar-refractivity contribution is 0.102. The summed E-state index contributed by atoms with van der Waals surface area (Å²) < 4.78 is 13.5. The summed E-state index contributed by atoms with van der Waals surface area (Å²) in [5.74, 6) is -0.0472. The molecular formula is C18H20FNOS. The number of thiophene rings is 1. The van der Waals surface area contributed by atoms with Crippen molar-refractivity contribution in [1.29, 1.82) is 0 Å². The average molecular weight is 317 g/mol. The predicted molar refractivity (Wildman–Crippen MR) is 87.7 cm³/mol. The van der Waals surface area contributed by atoms with Crippen LogP contribution in [0.5, 0.6) is 0 Å². The first-order valence-corrected chi connectivity index (χ1v) is 8.59. The van der Waals surface area contributed by atoms with Gasteiger partial charge in [0.2, 0.25) is 0 Å². The first-order valence-electron chi connectivity index (χ1n) is 7.71. The SMILES string of the molecule is CC(=O)c1cc(CN2CCCC[C@@H]2c2cccc(F)c2)cs1. The maximum atomic E-state index is 13.5. The second kappa shape index (κ2) is 6.71. The van der Waals surface area contributed by atoms with E-state index in [2.05, 4.69) is 10.3 Å². The van der Waals surface area contributed by atoms with E-state index < -0.39 is 0 Å². The van der Waals surface area contributed by atoms with Gasteiger partial charge in [-0.25, -0.2) is 4.39 Å². The molecule has 1 fully saturated rings. The molecular weight excluding hydrogens is 297 g/mol. The van der Waals surface area contributed by atoms with Gasteiger partial charge < -0.3 is 0 Å². The van der Waals surface area contributed by atoms with Gasteiger partial charge in [-0.15, -0.1) is 11.3 Å². The molecule has 1 aromatic carbocycles. The van der Waals surface area contributed by atoms with Crippen LogP contribution in [0.3, 0.4) is 0 Å². The van der Waals surface area contributed by atoms with Crippen LogP contribution >= 0.6 is 11.3 Å². The Morgan fingerprint density at radius 3 is 2.95 bits per heavy atom. The molecule has 22 heavy (non-hydrogen) atoms. The lowest BCUT2D eigenvalue weighted by Gasteiger charge is -2.36. The van der Waals surface area contributed by atoms with Gasteiger partial charge in [-0.2, -0.15) is 0 Å². The zero-order valence-corrected chi connectivity index (χ0v) is 13.5. The van der Waals surface area contributed by atoms with Crippen molar-refractivity contribution in [2.75, 3.05) is 6.54 Å². The Bertz CT molecular complexity index is 667. The predicted octanol–water partition coefficient (Wildman–Crippen LogP) is 4.82. The molecule has 2 heterocycles.